The third-order valence-electron chi connectivity index (χ3n) is 6.80. The Hall–Kier alpha value is -3.87. The van der Waals surface area contributed by atoms with Crippen molar-refractivity contribution in [1.82, 2.24) is 19.7 Å². The van der Waals surface area contributed by atoms with Crippen LogP contribution in [0, 0.1) is 0 Å². The Kier molecular flexibility index (Phi) is 5.69. The zero-order chi connectivity index (χ0) is 23.8. The number of benzene rings is 2. The molecule has 7 heteroatoms. The number of nitrogens with zero attached hydrogens (tertiary/aromatic N) is 3. The molecule has 0 bridgehead atoms. The molecule has 0 saturated heterocycles. The van der Waals surface area contributed by atoms with Crippen molar-refractivity contribution in [3.63, 3.8) is 0 Å². The van der Waals surface area contributed by atoms with Crippen LogP contribution in [0.2, 0.25) is 0 Å². The van der Waals surface area contributed by atoms with E-state index in [2.05, 4.69) is 11.1 Å². The van der Waals surface area contributed by atoms with E-state index in [0.29, 0.717) is 31.7 Å². The summed E-state index contributed by atoms with van der Waals surface area (Å²) in [4.78, 5) is 45.9. The Bertz CT molecular complexity index is 1310. The molecule has 34 heavy (non-hydrogen) atoms. The third kappa shape index (κ3) is 3.98. The average Bonchev–Trinajstić information content (AvgIpc) is 3.30. The number of aromatic amines is 1. The van der Waals surface area contributed by atoms with Gasteiger partial charge in [-0.1, -0.05) is 42.5 Å². The lowest BCUT2D eigenvalue weighted by molar-refractivity contribution is -0.141. The second-order valence-electron chi connectivity index (χ2n) is 9.23. The van der Waals surface area contributed by atoms with Gasteiger partial charge in [-0.25, -0.2) is 0 Å². The molecule has 0 fully saturated rings. The van der Waals surface area contributed by atoms with Gasteiger partial charge in [0, 0.05) is 51.1 Å². The molecular weight excluding hydrogens is 428 g/mol. The molecule has 7 nitrogen and oxygen atoms in total. The van der Waals surface area contributed by atoms with Crippen molar-refractivity contribution in [2.24, 2.45) is 0 Å². The van der Waals surface area contributed by atoms with Crippen LogP contribution in [0.4, 0.5) is 0 Å². The average molecular weight is 457 g/mol. The summed E-state index contributed by atoms with van der Waals surface area (Å²) in [6.45, 7) is 1.60. The number of hydrogen-bond acceptors (Lipinski definition) is 3. The summed E-state index contributed by atoms with van der Waals surface area (Å²) < 4.78 is 0. The molecule has 0 spiro atoms. The van der Waals surface area contributed by atoms with Crippen molar-refractivity contribution < 1.29 is 14.4 Å². The zero-order valence-corrected chi connectivity index (χ0v) is 19.5. The van der Waals surface area contributed by atoms with Crippen LogP contribution in [0.15, 0.2) is 54.6 Å². The number of nitrogens with one attached hydrogen (secondary N) is 1. The van der Waals surface area contributed by atoms with E-state index in [9.17, 15) is 14.4 Å². The highest BCUT2D eigenvalue weighted by atomic mass is 16.2. The summed E-state index contributed by atoms with van der Waals surface area (Å²) in [7, 11) is 3.46. The third-order valence-corrected chi connectivity index (χ3v) is 6.80. The topological polar surface area (TPSA) is 76.7 Å². The van der Waals surface area contributed by atoms with E-state index in [1.165, 1.54) is 0 Å². The molecule has 2 aliphatic rings. The minimum atomic E-state index is -0.475. The fourth-order valence-electron chi connectivity index (χ4n) is 4.92. The molecule has 1 atom stereocenters. The van der Waals surface area contributed by atoms with Crippen LogP contribution < -0.4 is 0 Å². The van der Waals surface area contributed by atoms with E-state index in [-0.39, 0.29) is 11.8 Å². The molecule has 1 aromatic heterocycles. The van der Waals surface area contributed by atoms with Gasteiger partial charge in [-0.2, -0.15) is 0 Å². The first kappa shape index (κ1) is 21.9. The van der Waals surface area contributed by atoms with Crippen molar-refractivity contribution in [3.8, 4) is 0 Å². The van der Waals surface area contributed by atoms with Crippen molar-refractivity contribution >= 4 is 34.7 Å². The normalized spacial score (nSPS) is 17.8. The standard InChI is InChI=1S/C27H28N4O3/c1-29(2)26(33)24-13-20-10-9-19(12-23(20)28-24)22-8-5-11-30(15-22)27(34)25-14-18-6-3-4-7-21(18)16-31(25)17-32/h3-4,6-10,12-13,17,25,28H,5,11,14-16H2,1-2H3. The molecule has 0 aliphatic carbocycles. The van der Waals surface area contributed by atoms with Gasteiger partial charge < -0.3 is 19.7 Å². The van der Waals surface area contributed by atoms with E-state index in [0.717, 1.165) is 46.0 Å². The van der Waals surface area contributed by atoms with Gasteiger partial charge in [0.25, 0.3) is 5.91 Å². The summed E-state index contributed by atoms with van der Waals surface area (Å²) in [5.74, 6) is -0.0767. The number of carbonyl (C=O) groups excluding carboxylic acids is 3. The number of rotatable bonds is 4. The molecule has 0 saturated carbocycles. The molecule has 1 N–H and O–H groups in total. The number of hydrogen-bond donors (Lipinski definition) is 1. The molecule has 5 rings (SSSR count). The maximum absolute atomic E-state index is 13.5. The fourth-order valence-corrected chi connectivity index (χ4v) is 4.92. The van der Waals surface area contributed by atoms with Gasteiger partial charge in [-0.15, -0.1) is 0 Å². The van der Waals surface area contributed by atoms with E-state index in [4.69, 9.17) is 0 Å². The van der Waals surface area contributed by atoms with E-state index in [1.807, 2.05) is 53.4 Å². The van der Waals surface area contributed by atoms with Gasteiger partial charge in [-0.05, 0) is 40.8 Å². The SMILES string of the molecule is CN(C)C(=O)c1cc2ccc(C3=CCCN(C(=O)C4Cc5ccccc5CN4C=O)C3)cc2[nH]1. The molecule has 2 aromatic carbocycles. The Morgan fingerprint density at radius 2 is 1.85 bits per heavy atom. The molecule has 174 valence electrons. The summed E-state index contributed by atoms with van der Waals surface area (Å²) in [6.07, 6.45) is 4.28. The first-order valence-corrected chi connectivity index (χ1v) is 11.5. The van der Waals surface area contributed by atoms with Crippen LogP contribution in [0.5, 0.6) is 0 Å². The maximum Gasteiger partial charge on any atom is 0.269 e. The van der Waals surface area contributed by atoms with Crippen LogP contribution in [0.3, 0.4) is 0 Å². The smallest absolute Gasteiger partial charge is 0.269 e. The van der Waals surface area contributed by atoms with Gasteiger partial charge in [-0.3, -0.25) is 14.4 Å². The second kappa shape index (κ2) is 8.82. The van der Waals surface area contributed by atoms with Crippen molar-refractivity contribution in [3.05, 3.63) is 77.0 Å². The number of H-pyrrole nitrogens is 1. The van der Waals surface area contributed by atoms with Crippen LogP contribution >= 0.6 is 0 Å². The van der Waals surface area contributed by atoms with E-state index >= 15 is 0 Å². The highest BCUT2D eigenvalue weighted by molar-refractivity contribution is 5.98. The van der Waals surface area contributed by atoms with Gasteiger partial charge in [0.1, 0.15) is 11.7 Å². The van der Waals surface area contributed by atoms with Gasteiger partial charge in [0.2, 0.25) is 12.3 Å². The van der Waals surface area contributed by atoms with Crippen LogP contribution in [0.1, 0.15) is 33.6 Å². The summed E-state index contributed by atoms with van der Waals surface area (Å²) in [6, 6.07) is 15.5. The largest absolute Gasteiger partial charge is 0.351 e. The number of fused-ring (bicyclic) bond motifs is 2. The lowest BCUT2D eigenvalue weighted by Gasteiger charge is -2.37. The monoisotopic (exact) mass is 456 g/mol. The number of aromatic nitrogens is 1. The Morgan fingerprint density at radius 3 is 2.62 bits per heavy atom. The molecule has 1 unspecified atom stereocenters. The highest BCUT2D eigenvalue weighted by Crippen LogP contribution is 2.28. The van der Waals surface area contributed by atoms with Crippen molar-refractivity contribution in [2.45, 2.75) is 25.4 Å². The first-order chi connectivity index (χ1) is 16.4. The van der Waals surface area contributed by atoms with Crippen molar-refractivity contribution in [2.75, 3.05) is 27.2 Å². The van der Waals surface area contributed by atoms with Gasteiger partial charge in [0.15, 0.2) is 0 Å². The fraction of sp³-hybridized carbons (Fsp3) is 0.296. The summed E-state index contributed by atoms with van der Waals surface area (Å²) in [5.41, 5.74) is 5.78. The Morgan fingerprint density at radius 1 is 1.06 bits per heavy atom. The highest BCUT2D eigenvalue weighted by Gasteiger charge is 2.34. The molecular formula is C27H28N4O3. The van der Waals surface area contributed by atoms with E-state index in [1.54, 1.807) is 23.9 Å². The minimum Gasteiger partial charge on any atom is -0.351 e. The van der Waals surface area contributed by atoms with E-state index < -0.39 is 6.04 Å². The van der Waals surface area contributed by atoms with Crippen molar-refractivity contribution in [1.29, 1.82) is 0 Å². The predicted molar refractivity (Wildman–Crippen MR) is 131 cm³/mol. The quantitative estimate of drug-likeness (QED) is 0.613. The predicted octanol–water partition coefficient (Wildman–Crippen LogP) is 3.07. The van der Waals surface area contributed by atoms with Crippen LogP contribution in [-0.2, 0) is 22.6 Å². The number of amides is 3. The van der Waals surface area contributed by atoms with Gasteiger partial charge in [0.05, 0.1) is 0 Å². The minimum absolute atomic E-state index is 0.00739. The lowest BCUT2D eigenvalue weighted by atomic mass is 9.93. The van der Waals surface area contributed by atoms with Gasteiger partial charge >= 0.3 is 0 Å². The lowest BCUT2D eigenvalue weighted by Crippen LogP contribution is -2.52. The molecule has 3 aromatic rings. The second-order valence-corrected chi connectivity index (χ2v) is 9.23. The van der Waals surface area contributed by atoms with Crippen LogP contribution in [0.25, 0.3) is 16.5 Å². The summed E-state index contributed by atoms with van der Waals surface area (Å²) in [5, 5.41) is 0.973. The summed E-state index contributed by atoms with van der Waals surface area (Å²) >= 11 is 0. The number of carbonyl (C=O) groups is 3. The zero-order valence-electron chi connectivity index (χ0n) is 19.5. The molecule has 3 amide bonds. The Labute approximate surface area is 198 Å². The maximum atomic E-state index is 13.5. The molecule has 2 aliphatic heterocycles. The molecule has 3 heterocycles. The Balaban J connectivity index is 1.36. The molecule has 0 radical (unpaired) electrons. The first-order valence-electron chi connectivity index (χ1n) is 11.5. The van der Waals surface area contributed by atoms with Crippen LogP contribution in [-0.4, -0.2) is 71.1 Å².